The van der Waals surface area contributed by atoms with E-state index in [9.17, 15) is 4.79 Å². The molecule has 0 atom stereocenters. The minimum atomic E-state index is -0.302. The van der Waals surface area contributed by atoms with Crippen LogP contribution in [0, 0.1) is 5.41 Å². The zero-order valence-electron chi connectivity index (χ0n) is 11.0. The maximum Gasteiger partial charge on any atom is 0.168 e. The molecule has 92 valence electrons. The summed E-state index contributed by atoms with van der Waals surface area (Å²) in [6.07, 6.45) is 2.52. The van der Waals surface area contributed by atoms with Crippen molar-refractivity contribution in [2.24, 2.45) is 5.41 Å². The fourth-order valence-corrected chi connectivity index (χ4v) is 2.25. The monoisotopic (exact) mass is 231 g/mol. The number of ketones is 1. The molecule has 1 saturated heterocycles. The van der Waals surface area contributed by atoms with Crippen molar-refractivity contribution in [3.8, 4) is 0 Å². The van der Waals surface area contributed by atoms with Crippen LogP contribution in [0.5, 0.6) is 0 Å². The van der Waals surface area contributed by atoms with E-state index < -0.39 is 0 Å². The van der Waals surface area contributed by atoms with Gasteiger partial charge in [-0.2, -0.15) is 0 Å². The van der Waals surface area contributed by atoms with Crippen molar-refractivity contribution in [3.05, 3.63) is 29.8 Å². The molecule has 0 amide bonds. The van der Waals surface area contributed by atoms with Gasteiger partial charge in [-0.25, -0.2) is 0 Å². The molecule has 0 spiro atoms. The Kier molecular flexibility index (Phi) is 3.23. The molecule has 0 aliphatic carbocycles. The molecule has 1 aromatic carbocycles. The van der Waals surface area contributed by atoms with E-state index in [1.807, 2.05) is 39.0 Å². The van der Waals surface area contributed by atoms with Crippen molar-refractivity contribution in [3.63, 3.8) is 0 Å². The van der Waals surface area contributed by atoms with E-state index in [2.05, 4.69) is 11.0 Å². The fraction of sp³-hybridized carbons (Fsp3) is 0.533. The molecule has 1 heterocycles. The van der Waals surface area contributed by atoms with Gasteiger partial charge >= 0.3 is 0 Å². The summed E-state index contributed by atoms with van der Waals surface area (Å²) in [5.41, 5.74) is 1.73. The molecule has 0 bridgehead atoms. The summed E-state index contributed by atoms with van der Waals surface area (Å²) < 4.78 is 0. The van der Waals surface area contributed by atoms with Gasteiger partial charge < -0.3 is 4.90 Å². The first-order valence-electron chi connectivity index (χ1n) is 6.38. The third kappa shape index (κ3) is 2.68. The summed E-state index contributed by atoms with van der Waals surface area (Å²) in [6, 6.07) is 8.06. The second-order valence-electron chi connectivity index (χ2n) is 5.82. The lowest BCUT2D eigenvalue weighted by molar-refractivity contribution is 0.0858. The quantitative estimate of drug-likeness (QED) is 0.726. The van der Waals surface area contributed by atoms with Gasteiger partial charge in [-0.15, -0.1) is 0 Å². The number of carbonyl (C=O) groups excluding carboxylic acids is 1. The van der Waals surface area contributed by atoms with Gasteiger partial charge in [0.25, 0.3) is 0 Å². The Morgan fingerprint density at radius 1 is 1.18 bits per heavy atom. The van der Waals surface area contributed by atoms with E-state index in [0.717, 1.165) is 18.7 Å². The smallest absolute Gasteiger partial charge is 0.168 e. The van der Waals surface area contributed by atoms with Crippen molar-refractivity contribution in [1.29, 1.82) is 0 Å². The number of Topliss-reactive ketones (excluding diaryl/α,β-unsaturated/α-hetero) is 1. The lowest BCUT2D eigenvalue weighted by Crippen LogP contribution is -2.22. The molecule has 1 aliphatic rings. The van der Waals surface area contributed by atoms with Crippen molar-refractivity contribution in [2.45, 2.75) is 33.6 Å². The van der Waals surface area contributed by atoms with Gasteiger partial charge in [0.15, 0.2) is 5.78 Å². The Morgan fingerprint density at radius 3 is 2.41 bits per heavy atom. The third-order valence-corrected chi connectivity index (χ3v) is 3.26. The Morgan fingerprint density at radius 2 is 1.82 bits per heavy atom. The highest BCUT2D eigenvalue weighted by atomic mass is 16.1. The second-order valence-corrected chi connectivity index (χ2v) is 5.82. The highest BCUT2D eigenvalue weighted by Crippen LogP contribution is 2.25. The topological polar surface area (TPSA) is 20.3 Å². The lowest BCUT2D eigenvalue weighted by atomic mass is 9.86. The summed E-state index contributed by atoms with van der Waals surface area (Å²) in [5, 5.41) is 0. The molecule has 2 heteroatoms. The third-order valence-electron chi connectivity index (χ3n) is 3.26. The van der Waals surface area contributed by atoms with Crippen LogP contribution in [0.3, 0.4) is 0 Å². The van der Waals surface area contributed by atoms with Crippen LogP contribution in [0.2, 0.25) is 0 Å². The molecule has 1 aliphatic heterocycles. The van der Waals surface area contributed by atoms with E-state index >= 15 is 0 Å². The molecule has 0 aromatic heterocycles. The van der Waals surface area contributed by atoms with Gasteiger partial charge in [-0.3, -0.25) is 4.79 Å². The second kappa shape index (κ2) is 4.52. The number of nitrogens with zero attached hydrogens (tertiary/aromatic N) is 1. The van der Waals surface area contributed by atoms with Gasteiger partial charge in [0, 0.05) is 29.8 Å². The summed E-state index contributed by atoms with van der Waals surface area (Å²) >= 11 is 0. The van der Waals surface area contributed by atoms with E-state index in [-0.39, 0.29) is 11.2 Å². The molecular weight excluding hydrogens is 210 g/mol. The average Bonchev–Trinajstić information content (AvgIpc) is 2.80. The van der Waals surface area contributed by atoms with Gasteiger partial charge in [-0.1, -0.05) is 32.9 Å². The molecule has 0 N–H and O–H groups in total. The van der Waals surface area contributed by atoms with Crippen LogP contribution in [0.25, 0.3) is 0 Å². The molecule has 0 unspecified atom stereocenters. The van der Waals surface area contributed by atoms with Crippen molar-refractivity contribution in [2.75, 3.05) is 18.0 Å². The first-order valence-corrected chi connectivity index (χ1v) is 6.38. The Bertz CT molecular complexity index is 411. The molecule has 1 aromatic rings. The van der Waals surface area contributed by atoms with Gasteiger partial charge in [0.2, 0.25) is 0 Å². The van der Waals surface area contributed by atoms with E-state index in [0.29, 0.717) is 0 Å². The van der Waals surface area contributed by atoms with Gasteiger partial charge in [-0.05, 0) is 25.0 Å². The standard InChI is InChI=1S/C15H21NO/c1-15(2,3)14(17)12-7-6-8-13(11-12)16-9-4-5-10-16/h6-8,11H,4-5,9-10H2,1-3H3. The lowest BCUT2D eigenvalue weighted by Gasteiger charge is -2.20. The van der Waals surface area contributed by atoms with E-state index in [1.54, 1.807) is 0 Å². The molecule has 0 saturated carbocycles. The number of hydrogen-bond acceptors (Lipinski definition) is 2. The maximum atomic E-state index is 12.2. The summed E-state index contributed by atoms with van der Waals surface area (Å²) in [6.45, 7) is 8.15. The number of benzene rings is 1. The largest absolute Gasteiger partial charge is 0.372 e. The van der Waals surface area contributed by atoms with E-state index in [1.165, 1.54) is 18.5 Å². The minimum absolute atomic E-state index is 0.221. The van der Waals surface area contributed by atoms with Gasteiger partial charge in [0.05, 0.1) is 0 Å². The summed E-state index contributed by atoms with van der Waals surface area (Å²) in [7, 11) is 0. The highest BCUT2D eigenvalue weighted by molar-refractivity contribution is 6.00. The Balaban J connectivity index is 2.25. The van der Waals surface area contributed by atoms with Crippen LogP contribution in [-0.2, 0) is 0 Å². The molecular formula is C15H21NO. The molecule has 2 rings (SSSR count). The molecule has 2 nitrogen and oxygen atoms in total. The van der Waals surface area contributed by atoms with Crippen LogP contribution in [-0.4, -0.2) is 18.9 Å². The zero-order valence-corrected chi connectivity index (χ0v) is 11.0. The van der Waals surface area contributed by atoms with Crippen LogP contribution in [0.4, 0.5) is 5.69 Å². The van der Waals surface area contributed by atoms with E-state index in [4.69, 9.17) is 0 Å². The van der Waals surface area contributed by atoms with Crippen molar-refractivity contribution in [1.82, 2.24) is 0 Å². The first kappa shape index (κ1) is 12.2. The number of anilines is 1. The summed E-state index contributed by atoms with van der Waals surface area (Å²) in [4.78, 5) is 14.6. The predicted octanol–water partition coefficient (Wildman–Crippen LogP) is 3.52. The minimum Gasteiger partial charge on any atom is -0.372 e. The van der Waals surface area contributed by atoms with Crippen molar-refractivity contribution >= 4 is 11.5 Å². The predicted molar refractivity (Wildman–Crippen MR) is 71.7 cm³/mol. The SMILES string of the molecule is CC(C)(C)C(=O)c1cccc(N2CCCC2)c1. The van der Waals surface area contributed by atoms with Gasteiger partial charge in [0.1, 0.15) is 0 Å². The normalized spacial score (nSPS) is 16.3. The Labute approximate surface area is 104 Å². The molecule has 1 fully saturated rings. The van der Waals surface area contributed by atoms with Crippen LogP contribution in [0.1, 0.15) is 44.0 Å². The molecule has 0 radical (unpaired) electrons. The van der Waals surface area contributed by atoms with Crippen LogP contribution in [0.15, 0.2) is 24.3 Å². The number of carbonyl (C=O) groups is 1. The average molecular weight is 231 g/mol. The zero-order chi connectivity index (χ0) is 12.5. The van der Waals surface area contributed by atoms with Crippen molar-refractivity contribution < 1.29 is 4.79 Å². The maximum absolute atomic E-state index is 12.2. The van der Waals surface area contributed by atoms with Crippen LogP contribution >= 0.6 is 0 Å². The fourth-order valence-electron chi connectivity index (χ4n) is 2.25. The highest BCUT2D eigenvalue weighted by Gasteiger charge is 2.23. The first-order chi connectivity index (χ1) is 7.98. The number of hydrogen-bond donors (Lipinski definition) is 0. The Hall–Kier alpha value is -1.31. The number of rotatable bonds is 2. The molecule has 17 heavy (non-hydrogen) atoms. The summed E-state index contributed by atoms with van der Waals surface area (Å²) in [5.74, 6) is 0.221. The van der Waals surface area contributed by atoms with Crippen LogP contribution < -0.4 is 4.90 Å².